The third kappa shape index (κ3) is 5.14. The summed E-state index contributed by atoms with van der Waals surface area (Å²) in [6.07, 6.45) is 0.569. The van der Waals surface area contributed by atoms with Crippen LogP contribution in [0.1, 0.15) is 33.6 Å². The Morgan fingerprint density at radius 2 is 1.96 bits per heavy atom. The first-order chi connectivity index (χ1) is 13.4. The maximum Gasteiger partial charge on any atom is 0.319 e. The highest BCUT2D eigenvalue weighted by Crippen LogP contribution is 2.38. The van der Waals surface area contributed by atoms with Crippen molar-refractivity contribution in [3.05, 3.63) is 24.3 Å². The van der Waals surface area contributed by atoms with E-state index in [-0.39, 0.29) is 24.3 Å². The second-order valence-electron chi connectivity index (χ2n) is 7.40. The van der Waals surface area contributed by atoms with Crippen LogP contribution in [0, 0.1) is 0 Å². The van der Waals surface area contributed by atoms with Gasteiger partial charge in [-0.05, 0) is 44.5 Å². The van der Waals surface area contributed by atoms with Crippen LogP contribution >= 0.6 is 0 Å². The number of amides is 2. The summed E-state index contributed by atoms with van der Waals surface area (Å²) in [6.45, 7) is 6.73. The van der Waals surface area contributed by atoms with Crippen LogP contribution in [-0.2, 0) is 18.9 Å². The van der Waals surface area contributed by atoms with E-state index in [2.05, 4.69) is 17.6 Å². The lowest BCUT2D eigenvalue weighted by atomic mass is 10.1. The van der Waals surface area contributed by atoms with Crippen molar-refractivity contribution in [1.29, 1.82) is 0 Å². The Morgan fingerprint density at radius 1 is 1.21 bits per heavy atom. The molecule has 0 spiro atoms. The van der Waals surface area contributed by atoms with E-state index in [1.807, 2.05) is 13.8 Å². The monoisotopic (exact) mass is 394 g/mol. The lowest BCUT2D eigenvalue weighted by Gasteiger charge is -2.26. The van der Waals surface area contributed by atoms with Crippen LogP contribution in [0.25, 0.3) is 0 Å². The summed E-state index contributed by atoms with van der Waals surface area (Å²) in [6, 6.07) is 6.79. The molecule has 2 heterocycles. The number of methoxy groups -OCH3 is 1. The molecular formula is C20H30N2O6. The number of fused-ring (bicyclic) bond motifs is 1. The summed E-state index contributed by atoms with van der Waals surface area (Å²) < 4.78 is 28.9. The van der Waals surface area contributed by atoms with Gasteiger partial charge in [0.05, 0.1) is 7.11 Å². The Hall–Kier alpha value is -1.87. The fraction of sp³-hybridized carbons (Fsp3) is 0.650. The SMILES string of the molecule is CCCCO[C@H]1[C@H]2OC(C)(C)O[C@H]2O[C@@H]1CNC(=O)Nc1ccc(OC)cc1. The lowest BCUT2D eigenvalue weighted by molar-refractivity contribution is -0.217. The molecule has 2 fully saturated rings. The molecule has 156 valence electrons. The Balaban J connectivity index is 1.53. The predicted molar refractivity (Wildman–Crippen MR) is 103 cm³/mol. The summed E-state index contributed by atoms with van der Waals surface area (Å²) in [5.41, 5.74) is 0.673. The summed E-state index contributed by atoms with van der Waals surface area (Å²) >= 11 is 0. The zero-order chi connectivity index (χ0) is 20.1. The minimum Gasteiger partial charge on any atom is -0.497 e. The molecule has 4 atom stereocenters. The van der Waals surface area contributed by atoms with E-state index in [1.165, 1.54) is 0 Å². The number of carbonyl (C=O) groups is 1. The number of hydrogen-bond donors (Lipinski definition) is 2. The van der Waals surface area contributed by atoms with Crippen molar-refractivity contribution in [3.8, 4) is 5.75 Å². The number of anilines is 1. The summed E-state index contributed by atoms with van der Waals surface area (Å²) in [5.74, 6) is 0.0260. The maximum absolute atomic E-state index is 12.2. The quantitative estimate of drug-likeness (QED) is 0.660. The van der Waals surface area contributed by atoms with Gasteiger partial charge in [0.15, 0.2) is 12.1 Å². The molecule has 3 rings (SSSR count). The van der Waals surface area contributed by atoms with Gasteiger partial charge in [0, 0.05) is 18.8 Å². The Bertz CT molecular complexity index is 651. The van der Waals surface area contributed by atoms with Crippen LogP contribution in [0.15, 0.2) is 24.3 Å². The number of rotatable bonds is 8. The summed E-state index contributed by atoms with van der Waals surface area (Å²) in [4.78, 5) is 12.2. The van der Waals surface area contributed by atoms with E-state index in [9.17, 15) is 4.79 Å². The first-order valence-electron chi connectivity index (χ1n) is 9.73. The average Bonchev–Trinajstić information content (AvgIpc) is 3.13. The van der Waals surface area contributed by atoms with Gasteiger partial charge in [0.2, 0.25) is 0 Å². The number of nitrogens with one attached hydrogen (secondary N) is 2. The van der Waals surface area contributed by atoms with Crippen molar-refractivity contribution in [1.82, 2.24) is 5.32 Å². The van der Waals surface area contributed by atoms with Crippen molar-refractivity contribution >= 4 is 11.7 Å². The van der Waals surface area contributed by atoms with Crippen LogP contribution in [0.5, 0.6) is 5.75 Å². The smallest absolute Gasteiger partial charge is 0.319 e. The first-order valence-corrected chi connectivity index (χ1v) is 9.73. The van der Waals surface area contributed by atoms with Gasteiger partial charge < -0.3 is 34.3 Å². The van der Waals surface area contributed by atoms with Gasteiger partial charge >= 0.3 is 6.03 Å². The van der Waals surface area contributed by atoms with E-state index in [4.69, 9.17) is 23.7 Å². The van der Waals surface area contributed by atoms with Crippen molar-refractivity contribution in [3.63, 3.8) is 0 Å². The van der Waals surface area contributed by atoms with Gasteiger partial charge in [-0.25, -0.2) is 4.79 Å². The van der Waals surface area contributed by atoms with Crippen molar-refractivity contribution in [2.45, 2.75) is 64.0 Å². The molecule has 0 aromatic heterocycles. The van der Waals surface area contributed by atoms with Gasteiger partial charge in [-0.2, -0.15) is 0 Å². The highest BCUT2D eigenvalue weighted by molar-refractivity contribution is 5.89. The highest BCUT2D eigenvalue weighted by Gasteiger charge is 2.55. The van der Waals surface area contributed by atoms with Crippen molar-refractivity contribution in [2.75, 3.05) is 25.6 Å². The molecule has 0 saturated carbocycles. The fourth-order valence-corrected chi connectivity index (χ4v) is 3.32. The molecule has 2 saturated heterocycles. The third-order valence-electron chi connectivity index (χ3n) is 4.71. The minimum atomic E-state index is -0.703. The molecule has 8 heteroatoms. The normalized spacial score (nSPS) is 28.0. The van der Waals surface area contributed by atoms with E-state index < -0.39 is 12.1 Å². The fourth-order valence-electron chi connectivity index (χ4n) is 3.32. The summed E-state index contributed by atoms with van der Waals surface area (Å²) in [5, 5.41) is 5.62. The molecule has 0 unspecified atom stereocenters. The van der Waals surface area contributed by atoms with Crippen molar-refractivity contribution in [2.24, 2.45) is 0 Å². The van der Waals surface area contributed by atoms with Gasteiger partial charge in [-0.3, -0.25) is 0 Å². The Labute approximate surface area is 165 Å². The number of hydrogen-bond acceptors (Lipinski definition) is 6. The molecule has 2 aliphatic heterocycles. The molecule has 2 amide bonds. The highest BCUT2D eigenvalue weighted by atomic mass is 16.8. The van der Waals surface area contributed by atoms with Gasteiger partial charge in [-0.1, -0.05) is 13.3 Å². The predicted octanol–water partition coefficient (Wildman–Crippen LogP) is 2.88. The van der Waals surface area contributed by atoms with Crippen LogP contribution in [-0.4, -0.2) is 56.7 Å². The van der Waals surface area contributed by atoms with E-state index in [0.29, 0.717) is 18.8 Å². The standard InChI is InChI=1S/C20H30N2O6/c1-5-6-11-25-16-15(26-18-17(16)27-20(2,3)28-18)12-21-19(23)22-13-7-9-14(24-4)10-8-13/h7-10,15-18H,5-6,11-12H2,1-4H3,(H2,21,22,23)/t15-,16-,17-,18-/m1/s1. The molecule has 1 aromatic rings. The van der Waals surface area contributed by atoms with E-state index >= 15 is 0 Å². The van der Waals surface area contributed by atoms with Crippen LogP contribution in [0.3, 0.4) is 0 Å². The molecular weight excluding hydrogens is 364 g/mol. The number of carbonyl (C=O) groups excluding carboxylic acids is 1. The Morgan fingerprint density at radius 3 is 2.64 bits per heavy atom. The third-order valence-corrected chi connectivity index (χ3v) is 4.71. The molecule has 8 nitrogen and oxygen atoms in total. The van der Waals surface area contributed by atoms with E-state index in [1.54, 1.807) is 31.4 Å². The summed E-state index contributed by atoms with van der Waals surface area (Å²) in [7, 11) is 1.60. The first kappa shape index (κ1) is 20.9. The number of ether oxygens (including phenoxy) is 5. The average molecular weight is 394 g/mol. The topological polar surface area (TPSA) is 87.3 Å². The largest absolute Gasteiger partial charge is 0.497 e. The zero-order valence-corrected chi connectivity index (χ0v) is 16.9. The van der Waals surface area contributed by atoms with Crippen LogP contribution < -0.4 is 15.4 Å². The second-order valence-corrected chi connectivity index (χ2v) is 7.40. The van der Waals surface area contributed by atoms with Crippen LogP contribution in [0.4, 0.5) is 10.5 Å². The number of urea groups is 1. The Kier molecular flexibility index (Phi) is 6.77. The molecule has 0 bridgehead atoms. The molecule has 2 N–H and O–H groups in total. The number of benzene rings is 1. The second kappa shape index (κ2) is 9.09. The molecule has 0 aliphatic carbocycles. The molecule has 1 aromatic carbocycles. The van der Waals surface area contributed by atoms with E-state index in [0.717, 1.165) is 18.6 Å². The van der Waals surface area contributed by atoms with Crippen LogP contribution in [0.2, 0.25) is 0 Å². The van der Waals surface area contributed by atoms with Gasteiger partial charge in [-0.15, -0.1) is 0 Å². The zero-order valence-electron chi connectivity index (χ0n) is 16.9. The minimum absolute atomic E-state index is 0.291. The van der Waals surface area contributed by atoms with Gasteiger partial charge in [0.25, 0.3) is 0 Å². The molecule has 2 aliphatic rings. The molecule has 28 heavy (non-hydrogen) atoms. The maximum atomic E-state index is 12.2. The van der Waals surface area contributed by atoms with Gasteiger partial charge in [0.1, 0.15) is 24.1 Å². The number of unbranched alkanes of at least 4 members (excludes halogenated alkanes) is 1. The molecule has 0 radical (unpaired) electrons. The van der Waals surface area contributed by atoms with Crippen molar-refractivity contribution < 1.29 is 28.5 Å². The lowest BCUT2D eigenvalue weighted by Crippen LogP contribution is -2.44.